The van der Waals surface area contributed by atoms with Crippen LogP contribution >= 0.6 is 0 Å². The number of aliphatic carboxylic acids is 1. The first-order valence-corrected chi connectivity index (χ1v) is 6.73. The molecule has 1 aliphatic heterocycles. The minimum atomic E-state index is -0.835. The summed E-state index contributed by atoms with van der Waals surface area (Å²) in [6.07, 6.45) is 1.32. The Balaban J connectivity index is 2.06. The van der Waals surface area contributed by atoms with Gasteiger partial charge in [-0.05, 0) is 24.8 Å². The maximum Gasteiger partial charge on any atom is 0.303 e. The molecule has 0 aromatic heterocycles. The molecule has 1 aliphatic rings. The average Bonchev–Trinajstić information content (AvgIpc) is 2.46. The highest BCUT2D eigenvalue weighted by atomic mass is 16.6. The third-order valence-electron chi connectivity index (χ3n) is 3.70. The molecule has 0 unspecified atom stereocenters. The van der Waals surface area contributed by atoms with E-state index in [1.165, 1.54) is 18.2 Å². The van der Waals surface area contributed by atoms with E-state index in [2.05, 4.69) is 0 Å². The summed E-state index contributed by atoms with van der Waals surface area (Å²) in [5.41, 5.74) is -0.116. The molecule has 0 radical (unpaired) electrons. The quantitative estimate of drug-likeness (QED) is 0.675. The average molecular weight is 292 g/mol. The third-order valence-corrected chi connectivity index (χ3v) is 3.70. The molecule has 1 N–H and O–H groups in total. The van der Waals surface area contributed by atoms with Crippen molar-refractivity contribution < 1.29 is 19.6 Å². The van der Waals surface area contributed by atoms with Gasteiger partial charge in [0.2, 0.25) is 0 Å². The molecule has 1 aromatic rings. The third kappa shape index (κ3) is 3.56. The molecule has 1 fully saturated rings. The fraction of sp³-hybridized carbons (Fsp3) is 0.429. The summed E-state index contributed by atoms with van der Waals surface area (Å²) in [5, 5.41) is 19.7. The Bertz CT molecular complexity index is 564. The molecule has 21 heavy (non-hydrogen) atoms. The number of piperidine rings is 1. The standard InChI is InChI=1S/C14H16N2O5/c17-13(18)9-10-5-7-15(8-6-10)14(19)11-3-1-2-4-12(11)16(20)21/h1-4,10H,5-9H2,(H,17,18). The number of nitrogens with zero attached hydrogens (tertiary/aromatic N) is 2. The Morgan fingerprint density at radius 1 is 1.29 bits per heavy atom. The Morgan fingerprint density at radius 2 is 1.90 bits per heavy atom. The lowest BCUT2D eigenvalue weighted by molar-refractivity contribution is -0.385. The van der Waals surface area contributed by atoms with Crippen LogP contribution in [0.15, 0.2) is 24.3 Å². The molecule has 1 saturated heterocycles. The summed E-state index contributed by atoms with van der Waals surface area (Å²) in [6.45, 7) is 0.867. The van der Waals surface area contributed by atoms with Crippen LogP contribution in [0.25, 0.3) is 0 Å². The highest BCUT2D eigenvalue weighted by molar-refractivity contribution is 5.98. The lowest BCUT2D eigenvalue weighted by Crippen LogP contribution is -2.39. The molecule has 112 valence electrons. The molecule has 0 atom stereocenters. The first-order chi connectivity index (χ1) is 9.99. The van der Waals surface area contributed by atoms with Crippen LogP contribution in [0, 0.1) is 16.0 Å². The number of hydrogen-bond donors (Lipinski definition) is 1. The Kier molecular flexibility index (Phi) is 4.52. The van der Waals surface area contributed by atoms with Crippen molar-refractivity contribution in [2.24, 2.45) is 5.92 Å². The van der Waals surface area contributed by atoms with E-state index in [0.717, 1.165) is 0 Å². The molecule has 1 heterocycles. The number of likely N-dealkylation sites (tertiary alicyclic amines) is 1. The van der Waals surface area contributed by atoms with E-state index in [1.807, 2.05) is 0 Å². The summed E-state index contributed by atoms with van der Waals surface area (Å²) in [7, 11) is 0. The lowest BCUT2D eigenvalue weighted by Gasteiger charge is -2.31. The summed E-state index contributed by atoms with van der Waals surface area (Å²) < 4.78 is 0. The van der Waals surface area contributed by atoms with Gasteiger partial charge in [0.1, 0.15) is 5.56 Å². The molecule has 2 rings (SSSR count). The predicted octanol–water partition coefficient (Wildman–Crippen LogP) is 1.92. The second kappa shape index (κ2) is 6.34. The minimum absolute atomic E-state index is 0.0670. The summed E-state index contributed by atoms with van der Waals surface area (Å²) in [6, 6.07) is 5.87. The van der Waals surface area contributed by atoms with E-state index >= 15 is 0 Å². The largest absolute Gasteiger partial charge is 0.481 e. The summed E-state index contributed by atoms with van der Waals surface area (Å²) >= 11 is 0. The first kappa shape index (κ1) is 15.0. The van der Waals surface area contributed by atoms with Crippen molar-refractivity contribution in [3.8, 4) is 0 Å². The molecule has 7 heteroatoms. The maximum absolute atomic E-state index is 12.4. The van der Waals surface area contributed by atoms with Gasteiger partial charge in [-0.3, -0.25) is 19.7 Å². The fourth-order valence-electron chi connectivity index (χ4n) is 2.57. The molecule has 0 spiro atoms. The van der Waals surface area contributed by atoms with Gasteiger partial charge in [-0.2, -0.15) is 0 Å². The van der Waals surface area contributed by atoms with E-state index < -0.39 is 10.9 Å². The van der Waals surface area contributed by atoms with Gasteiger partial charge in [0.15, 0.2) is 0 Å². The zero-order valence-electron chi connectivity index (χ0n) is 11.4. The van der Waals surface area contributed by atoms with Gasteiger partial charge in [0.05, 0.1) is 4.92 Å². The normalized spacial score (nSPS) is 15.7. The first-order valence-electron chi connectivity index (χ1n) is 6.73. The van der Waals surface area contributed by atoms with Gasteiger partial charge in [0, 0.05) is 25.6 Å². The molecule has 0 saturated carbocycles. The second-order valence-corrected chi connectivity index (χ2v) is 5.11. The van der Waals surface area contributed by atoms with E-state index in [-0.39, 0.29) is 29.5 Å². The van der Waals surface area contributed by atoms with Crippen molar-refractivity contribution in [1.29, 1.82) is 0 Å². The molecule has 0 bridgehead atoms. The zero-order chi connectivity index (χ0) is 15.4. The van der Waals surface area contributed by atoms with E-state index in [1.54, 1.807) is 11.0 Å². The Morgan fingerprint density at radius 3 is 2.48 bits per heavy atom. The number of nitro groups is 1. The smallest absolute Gasteiger partial charge is 0.303 e. The van der Waals surface area contributed by atoms with Crippen molar-refractivity contribution in [1.82, 2.24) is 4.90 Å². The number of benzene rings is 1. The van der Waals surface area contributed by atoms with Crippen LogP contribution in [0.5, 0.6) is 0 Å². The highest BCUT2D eigenvalue weighted by Gasteiger charge is 2.28. The molecule has 0 aliphatic carbocycles. The van der Waals surface area contributed by atoms with Crippen molar-refractivity contribution in [3.63, 3.8) is 0 Å². The monoisotopic (exact) mass is 292 g/mol. The SMILES string of the molecule is O=C(O)CC1CCN(C(=O)c2ccccc2[N+](=O)[O-])CC1. The number of rotatable bonds is 4. The van der Waals surface area contributed by atoms with Crippen molar-refractivity contribution in [2.45, 2.75) is 19.3 Å². The van der Waals surface area contributed by atoms with Crippen LogP contribution in [0.1, 0.15) is 29.6 Å². The van der Waals surface area contributed by atoms with E-state index in [4.69, 9.17) is 5.11 Å². The number of carboxylic acids is 1. The second-order valence-electron chi connectivity index (χ2n) is 5.11. The van der Waals surface area contributed by atoms with Crippen molar-refractivity contribution in [3.05, 3.63) is 39.9 Å². The predicted molar refractivity (Wildman–Crippen MR) is 74.0 cm³/mol. The fourth-order valence-corrected chi connectivity index (χ4v) is 2.57. The van der Waals surface area contributed by atoms with Gasteiger partial charge in [-0.25, -0.2) is 0 Å². The number of carbonyl (C=O) groups is 2. The van der Waals surface area contributed by atoms with Gasteiger partial charge in [-0.15, -0.1) is 0 Å². The molecular formula is C14H16N2O5. The molecule has 1 aromatic carbocycles. The molecule has 7 nitrogen and oxygen atoms in total. The number of hydrogen-bond acceptors (Lipinski definition) is 4. The van der Waals surface area contributed by atoms with Gasteiger partial charge in [-0.1, -0.05) is 12.1 Å². The maximum atomic E-state index is 12.4. The molecule has 1 amide bonds. The van der Waals surface area contributed by atoms with E-state index in [9.17, 15) is 19.7 Å². The van der Waals surface area contributed by atoms with Crippen LogP contribution in [-0.4, -0.2) is 39.9 Å². The minimum Gasteiger partial charge on any atom is -0.481 e. The lowest BCUT2D eigenvalue weighted by atomic mass is 9.93. The van der Waals surface area contributed by atoms with Crippen LogP contribution in [-0.2, 0) is 4.79 Å². The van der Waals surface area contributed by atoms with Gasteiger partial charge < -0.3 is 10.0 Å². The van der Waals surface area contributed by atoms with Gasteiger partial charge in [0.25, 0.3) is 11.6 Å². The van der Waals surface area contributed by atoms with Crippen LogP contribution in [0.3, 0.4) is 0 Å². The number of carbonyl (C=O) groups excluding carboxylic acids is 1. The topological polar surface area (TPSA) is 101 Å². The molecular weight excluding hydrogens is 276 g/mol. The van der Waals surface area contributed by atoms with Crippen molar-refractivity contribution >= 4 is 17.6 Å². The van der Waals surface area contributed by atoms with E-state index in [0.29, 0.717) is 25.9 Å². The number of para-hydroxylation sites is 1. The number of nitro benzene ring substituents is 1. The highest BCUT2D eigenvalue weighted by Crippen LogP contribution is 2.24. The Labute approximate surface area is 121 Å². The van der Waals surface area contributed by atoms with Crippen LogP contribution in [0.2, 0.25) is 0 Å². The Hall–Kier alpha value is -2.44. The zero-order valence-corrected chi connectivity index (χ0v) is 11.4. The van der Waals surface area contributed by atoms with Crippen LogP contribution in [0.4, 0.5) is 5.69 Å². The van der Waals surface area contributed by atoms with Crippen LogP contribution < -0.4 is 0 Å². The summed E-state index contributed by atoms with van der Waals surface area (Å²) in [4.78, 5) is 35.0. The van der Waals surface area contributed by atoms with Crippen molar-refractivity contribution in [2.75, 3.05) is 13.1 Å². The number of carboxylic acid groups (broad SMARTS) is 1. The number of amides is 1. The van der Waals surface area contributed by atoms with Gasteiger partial charge >= 0.3 is 5.97 Å². The summed E-state index contributed by atoms with van der Waals surface area (Å²) in [5.74, 6) is -1.13.